The Labute approximate surface area is 205 Å². The molecule has 6 nitrogen and oxygen atoms in total. The second-order valence-corrected chi connectivity index (χ2v) is 10.1. The molecule has 168 valence electrons. The number of halogens is 2. The smallest absolute Gasteiger partial charge is 0.209 e. The average molecular weight is 509 g/mol. The maximum Gasteiger partial charge on any atom is 0.209 e. The number of ketones is 1. The summed E-state index contributed by atoms with van der Waals surface area (Å²) in [6.45, 7) is 4.65. The molecule has 0 saturated carbocycles. The zero-order valence-electron chi connectivity index (χ0n) is 17.1. The fourth-order valence-electron chi connectivity index (χ4n) is 3.28. The molecule has 4 rings (SSSR count). The van der Waals surface area contributed by atoms with Crippen LogP contribution in [0.1, 0.15) is 15.2 Å². The Bertz CT molecular complexity index is 1080. The molecule has 1 aliphatic rings. The number of hydrogen-bond donors (Lipinski definition) is 2. The van der Waals surface area contributed by atoms with Crippen LogP contribution in [0, 0.1) is 0 Å². The number of thiazole rings is 1. The molecule has 0 amide bonds. The first-order chi connectivity index (χ1) is 15.5. The summed E-state index contributed by atoms with van der Waals surface area (Å²) in [6.07, 6.45) is 0. The topological polar surface area (TPSA) is 80.5 Å². The van der Waals surface area contributed by atoms with Gasteiger partial charge in [-0.1, -0.05) is 46.7 Å². The molecule has 0 spiro atoms. The molecule has 0 atom stereocenters. The van der Waals surface area contributed by atoms with Crippen LogP contribution in [0.4, 0.5) is 16.6 Å². The minimum absolute atomic E-state index is 0.148. The van der Waals surface area contributed by atoms with Crippen molar-refractivity contribution in [2.75, 3.05) is 49.7 Å². The molecule has 3 N–H and O–H groups in total. The molecule has 32 heavy (non-hydrogen) atoms. The first-order valence-corrected chi connectivity index (χ1v) is 12.6. The second kappa shape index (κ2) is 10.9. The SMILES string of the molecule is Nc1nc(Nc2cccc(SCCN3CCOCC3)c2)sc1C(=O)c1c(Cl)cccc1Cl. The van der Waals surface area contributed by atoms with Crippen molar-refractivity contribution >= 4 is 68.7 Å². The predicted molar refractivity (Wildman–Crippen MR) is 134 cm³/mol. The number of carbonyl (C=O) groups excluding carboxylic acids is 1. The molecular weight excluding hydrogens is 487 g/mol. The summed E-state index contributed by atoms with van der Waals surface area (Å²) in [6, 6.07) is 13.0. The number of hydrogen-bond acceptors (Lipinski definition) is 8. The summed E-state index contributed by atoms with van der Waals surface area (Å²) in [7, 11) is 0. The summed E-state index contributed by atoms with van der Waals surface area (Å²) in [5, 5.41) is 4.35. The minimum Gasteiger partial charge on any atom is -0.382 e. The molecular formula is C22H22Cl2N4O2S2. The first kappa shape index (κ1) is 23.4. The number of nitrogens with two attached hydrogens (primary N) is 1. The van der Waals surface area contributed by atoms with E-state index in [2.05, 4.69) is 27.3 Å². The van der Waals surface area contributed by atoms with Gasteiger partial charge in [0.15, 0.2) is 5.13 Å². The number of nitrogen functional groups attached to an aromatic ring is 1. The molecule has 0 unspecified atom stereocenters. The minimum atomic E-state index is -0.337. The van der Waals surface area contributed by atoms with Gasteiger partial charge in [0, 0.05) is 36.0 Å². The first-order valence-electron chi connectivity index (χ1n) is 10.1. The monoisotopic (exact) mass is 508 g/mol. The number of nitrogens with one attached hydrogen (secondary N) is 1. The fraction of sp³-hybridized carbons (Fsp3) is 0.273. The van der Waals surface area contributed by atoms with Crippen LogP contribution in [-0.4, -0.2) is 54.3 Å². The Kier molecular flexibility index (Phi) is 7.93. The Morgan fingerprint density at radius 2 is 1.91 bits per heavy atom. The van der Waals surface area contributed by atoms with Gasteiger partial charge in [0.2, 0.25) is 5.78 Å². The van der Waals surface area contributed by atoms with Crippen molar-refractivity contribution < 1.29 is 9.53 Å². The zero-order chi connectivity index (χ0) is 22.5. The fourth-order valence-corrected chi connectivity index (χ4v) is 5.67. The highest BCUT2D eigenvalue weighted by Crippen LogP contribution is 2.34. The molecule has 3 aromatic rings. The van der Waals surface area contributed by atoms with E-state index < -0.39 is 0 Å². The molecule has 10 heteroatoms. The maximum atomic E-state index is 13.0. The van der Waals surface area contributed by atoms with Gasteiger partial charge in [-0.05, 0) is 30.3 Å². The third-order valence-corrected chi connectivity index (χ3v) is 7.50. The van der Waals surface area contributed by atoms with Crippen LogP contribution in [-0.2, 0) is 4.74 Å². The number of morpholine rings is 1. The lowest BCUT2D eigenvalue weighted by Gasteiger charge is -2.26. The Hall–Kier alpha value is -1.81. The van der Waals surface area contributed by atoms with Gasteiger partial charge in [-0.3, -0.25) is 9.69 Å². The number of carbonyl (C=O) groups is 1. The van der Waals surface area contributed by atoms with E-state index in [-0.39, 0.29) is 27.2 Å². The van der Waals surface area contributed by atoms with Crippen molar-refractivity contribution in [3.8, 4) is 0 Å². The van der Waals surface area contributed by atoms with Crippen molar-refractivity contribution in [3.63, 3.8) is 0 Å². The molecule has 0 bridgehead atoms. The number of benzene rings is 2. The Morgan fingerprint density at radius 3 is 2.66 bits per heavy atom. The average Bonchev–Trinajstić information content (AvgIpc) is 3.14. The summed E-state index contributed by atoms with van der Waals surface area (Å²) in [4.78, 5) is 21.2. The van der Waals surface area contributed by atoms with Gasteiger partial charge in [-0.25, -0.2) is 4.98 Å². The third kappa shape index (κ3) is 5.75. The quantitative estimate of drug-likeness (QED) is 0.310. The summed E-state index contributed by atoms with van der Waals surface area (Å²) < 4.78 is 5.39. The Morgan fingerprint density at radius 1 is 1.19 bits per heavy atom. The summed E-state index contributed by atoms with van der Waals surface area (Å²) >= 11 is 15.3. The highest BCUT2D eigenvalue weighted by Gasteiger charge is 2.22. The predicted octanol–water partition coefficient (Wildman–Crippen LogP) is 5.43. The number of ether oxygens (including phenoxy) is 1. The van der Waals surface area contributed by atoms with E-state index in [9.17, 15) is 4.79 Å². The van der Waals surface area contributed by atoms with Crippen LogP contribution in [0.15, 0.2) is 47.4 Å². The lowest BCUT2D eigenvalue weighted by Crippen LogP contribution is -2.37. The van der Waals surface area contributed by atoms with Crippen LogP contribution in [0.3, 0.4) is 0 Å². The van der Waals surface area contributed by atoms with Gasteiger partial charge >= 0.3 is 0 Å². The number of aromatic nitrogens is 1. The van der Waals surface area contributed by atoms with Crippen molar-refractivity contribution in [1.82, 2.24) is 9.88 Å². The number of nitrogens with zero attached hydrogens (tertiary/aromatic N) is 2. The van der Waals surface area contributed by atoms with Gasteiger partial charge < -0.3 is 15.8 Å². The lowest BCUT2D eigenvalue weighted by molar-refractivity contribution is 0.0410. The van der Waals surface area contributed by atoms with E-state index in [1.807, 2.05) is 12.1 Å². The van der Waals surface area contributed by atoms with Crippen LogP contribution in [0.25, 0.3) is 0 Å². The molecule has 2 heterocycles. The van der Waals surface area contributed by atoms with Crippen molar-refractivity contribution in [2.24, 2.45) is 0 Å². The largest absolute Gasteiger partial charge is 0.382 e. The highest BCUT2D eigenvalue weighted by atomic mass is 35.5. The van der Waals surface area contributed by atoms with E-state index in [0.29, 0.717) is 10.0 Å². The molecule has 2 aromatic carbocycles. The number of rotatable bonds is 8. The molecule has 1 saturated heterocycles. The van der Waals surface area contributed by atoms with Crippen molar-refractivity contribution in [3.05, 3.63) is 63.0 Å². The standard InChI is InChI=1S/C22H22Cl2N4O2S2/c23-16-5-2-6-17(24)18(16)19(29)20-21(25)27-22(32-20)26-14-3-1-4-15(13-14)31-12-9-28-7-10-30-11-8-28/h1-6,13H,7-12,25H2,(H,26,27). The van der Waals surface area contributed by atoms with E-state index >= 15 is 0 Å². The number of thioether (sulfide) groups is 1. The Balaban J connectivity index is 1.41. The van der Waals surface area contributed by atoms with Gasteiger partial charge in [0.25, 0.3) is 0 Å². The highest BCUT2D eigenvalue weighted by molar-refractivity contribution is 7.99. The van der Waals surface area contributed by atoms with Crippen LogP contribution >= 0.6 is 46.3 Å². The van der Waals surface area contributed by atoms with Crippen LogP contribution in [0.2, 0.25) is 10.0 Å². The van der Waals surface area contributed by atoms with Crippen LogP contribution in [0.5, 0.6) is 0 Å². The lowest BCUT2D eigenvalue weighted by atomic mass is 10.1. The van der Waals surface area contributed by atoms with Crippen molar-refractivity contribution in [1.29, 1.82) is 0 Å². The van der Waals surface area contributed by atoms with E-state index in [0.717, 1.165) is 49.2 Å². The molecule has 0 aliphatic carbocycles. The van der Waals surface area contributed by atoms with Gasteiger partial charge in [-0.2, -0.15) is 0 Å². The molecule has 1 fully saturated rings. The number of anilines is 3. The van der Waals surface area contributed by atoms with Gasteiger partial charge in [0.1, 0.15) is 10.7 Å². The maximum absolute atomic E-state index is 13.0. The van der Waals surface area contributed by atoms with Gasteiger partial charge in [0.05, 0.1) is 28.8 Å². The van der Waals surface area contributed by atoms with Crippen molar-refractivity contribution in [2.45, 2.75) is 4.90 Å². The molecule has 1 aromatic heterocycles. The summed E-state index contributed by atoms with van der Waals surface area (Å²) in [5.74, 6) is 0.816. The van der Waals surface area contributed by atoms with E-state index in [1.165, 1.54) is 11.3 Å². The van der Waals surface area contributed by atoms with E-state index in [1.54, 1.807) is 30.0 Å². The third-order valence-electron chi connectivity index (χ3n) is 4.91. The van der Waals surface area contributed by atoms with Gasteiger partial charge in [-0.15, -0.1) is 11.8 Å². The zero-order valence-corrected chi connectivity index (χ0v) is 20.3. The molecule has 0 radical (unpaired) electrons. The second-order valence-electron chi connectivity index (χ2n) is 7.11. The summed E-state index contributed by atoms with van der Waals surface area (Å²) in [5.41, 5.74) is 7.15. The normalized spacial score (nSPS) is 14.4. The molecule has 1 aliphatic heterocycles. The van der Waals surface area contributed by atoms with E-state index in [4.69, 9.17) is 33.7 Å². The van der Waals surface area contributed by atoms with Crippen LogP contribution < -0.4 is 11.1 Å².